The van der Waals surface area contributed by atoms with Crippen molar-refractivity contribution in [2.45, 2.75) is 37.3 Å². The van der Waals surface area contributed by atoms with Crippen LogP contribution in [0.5, 0.6) is 0 Å². The number of amides is 1. The molecule has 114 valence electrons. The molecule has 0 unspecified atom stereocenters. The number of rotatable bonds is 5. The van der Waals surface area contributed by atoms with Gasteiger partial charge in [-0.3, -0.25) is 9.69 Å². The molecular weight excluding hydrogens is 254 g/mol. The van der Waals surface area contributed by atoms with E-state index in [-0.39, 0.29) is 11.9 Å². The van der Waals surface area contributed by atoms with Gasteiger partial charge in [-0.1, -0.05) is 6.08 Å². The molecule has 0 aliphatic carbocycles. The standard InChI is InChI=1S/C15H27N3O2/c1-3-8-18-9-4-5-13(18)14(19)16-12-15(20)6-10-17(2)11-7-15/h3,13,20H,1,4-12H2,2H3,(H,16,19)/t13-/m0/s1. The molecule has 0 aromatic rings. The van der Waals surface area contributed by atoms with Gasteiger partial charge in [0.2, 0.25) is 5.91 Å². The van der Waals surface area contributed by atoms with Crippen LogP contribution in [0, 0.1) is 0 Å². The normalized spacial score (nSPS) is 27.4. The number of piperidine rings is 1. The molecule has 2 fully saturated rings. The lowest BCUT2D eigenvalue weighted by atomic mass is 9.91. The molecule has 5 nitrogen and oxygen atoms in total. The zero-order valence-corrected chi connectivity index (χ0v) is 12.5. The fraction of sp³-hybridized carbons (Fsp3) is 0.800. The Labute approximate surface area is 121 Å². The first-order valence-corrected chi connectivity index (χ1v) is 7.58. The molecule has 5 heteroatoms. The SMILES string of the molecule is C=CCN1CCC[C@H]1C(=O)NCC1(O)CCN(C)CC1. The average molecular weight is 281 g/mol. The lowest BCUT2D eigenvalue weighted by Crippen LogP contribution is -2.52. The smallest absolute Gasteiger partial charge is 0.237 e. The molecule has 0 radical (unpaired) electrons. The first kappa shape index (κ1) is 15.5. The minimum Gasteiger partial charge on any atom is -0.388 e. The van der Waals surface area contributed by atoms with Gasteiger partial charge < -0.3 is 15.3 Å². The number of likely N-dealkylation sites (tertiary alicyclic amines) is 2. The Kier molecular flexibility index (Phi) is 5.18. The minimum atomic E-state index is -0.732. The summed E-state index contributed by atoms with van der Waals surface area (Å²) in [5.74, 6) is 0.0525. The fourth-order valence-corrected chi connectivity index (χ4v) is 3.09. The van der Waals surface area contributed by atoms with Gasteiger partial charge in [-0.2, -0.15) is 0 Å². The van der Waals surface area contributed by atoms with Gasteiger partial charge >= 0.3 is 0 Å². The van der Waals surface area contributed by atoms with E-state index < -0.39 is 5.60 Å². The lowest BCUT2D eigenvalue weighted by molar-refractivity contribution is -0.127. The van der Waals surface area contributed by atoms with Crippen LogP contribution in [0.1, 0.15) is 25.7 Å². The second kappa shape index (κ2) is 6.70. The molecule has 2 aliphatic rings. The number of carbonyl (C=O) groups excluding carboxylic acids is 1. The van der Waals surface area contributed by atoms with Gasteiger partial charge in [0.15, 0.2) is 0 Å². The number of aliphatic hydroxyl groups is 1. The van der Waals surface area contributed by atoms with E-state index in [9.17, 15) is 9.90 Å². The maximum absolute atomic E-state index is 12.3. The molecule has 1 atom stereocenters. The molecule has 2 N–H and O–H groups in total. The summed E-state index contributed by atoms with van der Waals surface area (Å²) in [7, 11) is 2.06. The van der Waals surface area contributed by atoms with Gasteiger partial charge in [-0.25, -0.2) is 0 Å². The first-order chi connectivity index (χ1) is 9.54. The maximum Gasteiger partial charge on any atom is 0.237 e. The Morgan fingerprint density at radius 1 is 1.45 bits per heavy atom. The second-order valence-electron chi connectivity index (χ2n) is 6.19. The third-order valence-corrected chi connectivity index (χ3v) is 4.54. The van der Waals surface area contributed by atoms with E-state index in [1.807, 2.05) is 6.08 Å². The van der Waals surface area contributed by atoms with Crippen LogP contribution in [0.4, 0.5) is 0 Å². The van der Waals surface area contributed by atoms with Gasteiger partial charge in [0, 0.05) is 26.2 Å². The van der Waals surface area contributed by atoms with Crippen molar-refractivity contribution in [2.75, 3.05) is 39.8 Å². The number of nitrogens with zero attached hydrogens (tertiary/aromatic N) is 2. The van der Waals surface area contributed by atoms with Crippen molar-refractivity contribution in [3.63, 3.8) is 0 Å². The predicted molar refractivity (Wildman–Crippen MR) is 79.5 cm³/mol. The highest BCUT2D eigenvalue weighted by atomic mass is 16.3. The van der Waals surface area contributed by atoms with E-state index in [0.29, 0.717) is 6.54 Å². The molecule has 0 saturated carbocycles. The molecule has 0 aromatic heterocycles. The summed E-state index contributed by atoms with van der Waals surface area (Å²) in [5.41, 5.74) is -0.732. The van der Waals surface area contributed by atoms with E-state index in [2.05, 4.69) is 28.7 Å². The van der Waals surface area contributed by atoms with E-state index in [0.717, 1.165) is 51.9 Å². The molecule has 0 bridgehead atoms. The summed E-state index contributed by atoms with van der Waals surface area (Å²) < 4.78 is 0. The Hall–Kier alpha value is -0.910. The average Bonchev–Trinajstić information content (AvgIpc) is 2.89. The second-order valence-corrected chi connectivity index (χ2v) is 6.19. The summed E-state index contributed by atoms with van der Waals surface area (Å²) in [6, 6.07) is -0.0529. The van der Waals surface area contributed by atoms with Crippen molar-refractivity contribution in [1.29, 1.82) is 0 Å². The Balaban J connectivity index is 1.81. The molecule has 1 amide bonds. The molecule has 2 heterocycles. The van der Waals surface area contributed by atoms with Crippen molar-refractivity contribution >= 4 is 5.91 Å². The van der Waals surface area contributed by atoms with Crippen molar-refractivity contribution < 1.29 is 9.90 Å². The van der Waals surface area contributed by atoms with Gasteiger partial charge in [0.05, 0.1) is 11.6 Å². The molecule has 2 saturated heterocycles. The van der Waals surface area contributed by atoms with Crippen molar-refractivity contribution in [3.05, 3.63) is 12.7 Å². The quantitative estimate of drug-likeness (QED) is 0.707. The van der Waals surface area contributed by atoms with Crippen LogP contribution in [0.25, 0.3) is 0 Å². The third kappa shape index (κ3) is 3.81. The monoisotopic (exact) mass is 281 g/mol. The summed E-state index contributed by atoms with van der Waals surface area (Å²) in [4.78, 5) is 16.6. The molecule has 2 aliphatic heterocycles. The highest BCUT2D eigenvalue weighted by Crippen LogP contribution is 2.21. The van der Waals surface area contributed by atoms with Crippen molar-refractivity contribution in [1.82, 2.24) is 15.1 Å². The van der Waals surface area contributed by atoms with Crippen LogP contribution in [-0.4, -0.2) is 72.2 Å². The van der Waals surface area contributed by atoms with Crippen LogP contribution in [0.15, 0.2) is 12.7 Å². The molecule has 20 heavy (non-hydrogen) atoms. The summed E-state index contributed by atoms with van der Waals surface area (Å²) >= 11 is 0. The first-order valence-electron chi connectivity index (χ1n) is 7.58. The van der Waals surface area contributed by atoms with Gasteiger partial charge in [0.25, 0.3) is 0 Å². The zero-order valence-electron chi connectivity index (χ0n) is 12.5. The Morgan fingerprint density at radius 2 is 2.15 bits per heavy atom. The number of carbonyl (C=O) groups is 1. The number of nitrogens with one attached hydrogen (secondary N) is 1. The number of hydrogen-bond donors (Lipinski definition) is 2. The highest BCUT2D eigenvalue weighted by molar-refractivity contribution is 5.82. The van der Waals surface area contributed by atoms with Gasteiger partial charge in [0.1, 0.15) is 0 Å². The van der Waals surface area contributed by atoms with E-state index >= 15 is 0 Å². The number of hydrogen-bond acceptors (Lipinski definition) is 4. The Morgan fingerprint density at radius 3 is 2.80 bits per heavy atom. The summed E-state index contributed by atoms with van der Waals surface area (Å²) in [5, 5.41) is 13.4. The van der Waals surface area contributed by atoms with E-state index in [4.69, 9.17) is 0 Å². The fourth-order valence-electron chi connectivity index (χ4n) is 3.09. The highest BCUT2D eigenvalue weighted by Gasteiger charge is 2.34. The molecule has 0 aromatic carbocycles. The largest absolute Gasteiger partial charge is 0.388 e. The lowest BCUT2D eigenvalue weighted by Gasteiger charge is -2.37. The van der Waals surface area contributed by atoms with Crippen LogP contribution < -0.4 is 5.32 Å². The van der Waals surface area contributed by atoms with E-state index in [1.54, 1.807) is 0 Å². The topological polar surface area (TPSA) is 55.8 Å². The zero-order chi connectivity index (χ0) is 14.6. The summed E-state index contributed by atoms with van der Waals surface area (Å²) in [6.07, 6.45) is 5.26. The van der Waals surface area contributed by atoms with E-state index in [1.165, 1.54) is 0 Å². The predicted octanol–water partition coefficient (Wildman–Crippen LogP) is 0.210. The molecule has 2 rings (SSSR count). The van der Waals surface area contributed by atoms with Crippen LogP contribution >= 0.6 is 0 Å². The van der Waals surface area contributed by atoms with Crippen LogP contribution in [0.2, 0.25) is 0 Å². The molecular formula is C15H27N3O2. The minimum absolute atomic E-state index is 0.0525. The third-order valence-electron chi connectivity index (χ3n) is 4.54. The summed E-state index contributed by atoms with van der Waals surface area (Å²) in [6.45, 7) is 7.60. The van der Waals surface area contributed by atoms with Crippen molar-refractivity contribution in [3.8, 4) is 0 Å². The van der Waals surface area contributed by atoms with Gasteiger partial charge in [-0.05, 0) is 39.3 Å². The van der Waals surface area contributed by atoms with Crippen LogP contribution in [0.3, 0.4) is 0 Å². The Bertz CT molecular complexity index is 351. The van der Waals surface area contributed by atoms with Crippen LogP contribution in [-0.2, 0) is 4.79 Å². The molecule has 0 spiro atoms. The van der Waals surface area contributed by atoms with Crippen molar-refractivity contribution in [2.24, 2.45) is 0 Å². The van der Waals surface area contributed by atoms with Gasteiger partial charge in [-0.15, -0.1) is 6.58 Å². The maximum atomic E-state index is 12.3.